The summed E-state index contributed by atoms with van der Waals surface area (Å²) < 4.78 is 13.1. The second kappa shape index (κ2) is 5.39. The summed E-state index contributed by atoms with van der Waals surface area (Å²) in [6.07, 6.45) is 0. The van der Waals surface area contributed by atoms with Gasteiger partial charge < -0.3 is 10.3 Å². The Labute approximate surface area is 129 Å². The Morgan fingerprint density at radius 2 is 1.90 bits per heavy atom. The molecule has 6 heteroatoms. The largest absolute Gasteiger partial charge is 0.351 e. The molecule has 0 aliphatic carbocycles. The number of nitrogens with one attached hydrogen (secondary N) is 2. The van der Waals surface area contributed by atoms with Crippen LogP contribution in [0, 0.1) is 5.82 Å². The first-order chi connectivity index (χ1) is 10.0. The van der Waals surface area contributed by atoms with Gasteiger partial charge in [0.1, 0.15) is 11.5 Å². The molecule has 106 valence electrons. The smallest absolute Gasteiger partial charge is 0.272 e. The van der Waals surface area contributed by atoms with E-state index in [1.165, 1.54) is 18.2 Å². The minimum Gasteiger partial charge on any atom is -0.351 e. The number of anilines is 1. The molecule has 3 nitrogen and oxygen atoms in total. The van der Waals surface area contributed by atoms with Crippen molar-refractivity contribution in [2.45, 2.75) is 0 Å². The van der Waals surface area contributed by atoms with Crippen LogP contribution in [0.5, 0.6) is 0 Å². The molecule has 0 spiro atoms. The maximum atomic E-state index is 13.1. The van der Waals surface area contributed by atoms with Gasteiger partial charge in [-0.05, 0) is 42.5 Å². The molecule has 2 N–H and O–H groups in total. The van der Waals surface area contributed by atoms with E-state index < -0.39 is 5.82 Å². The highest BCUT2D eigenvalue weighted by atomic mass is 35.5. The zero-order chi connectivity index (χ0) is 15.0. The van der Waals surface area contributed by atoms with Crippen LogP contribution in [-0.4, -0.2) is 10.9 Å². The van der Waals surface area contributed by atoms with Crippen molar-refractivity contribution in [3.05, 3.63) is 64.0 Å². The van der Waals surface area contributed by atoms with Crippen molar-refractivity contribution in [2.24, 2.45) is 0 Å². The molecule has 3 aromatic rings. The number of amides is 1. The normalized spacial score (nSPS) is 10.8. The van der Waals surface area contributed by atoms with Crippen LogP contribution in [0.2, 0.25) is 10.0 Å². The fourth-order valence-corrected chi connectivity index (χ4v) is 2.36. The summed E-state index contributed by atoms with van der Waals surface area (Å²) in [6, 6.07) is 11.0. The van der Waals surface area contributed by atoms with Crippen LogP contribution in [0.1, 0.15) is 10.5 Å². The standard InChI is InChI=1S/C15H9Cl2FN2O/c16-9-1-4-13-8(5-9)6-14(20-13)15(21)19-10-2-3-12(18)11(17)7-10/h1-7,20H,(H,19,21). The molecule has 1 heterocycles. The summed E-state index contributed by atoms with van der Waals surface area (Å²) in [6.45, 7) is 0. The number of H-pyrrole nitrogens is 1. The van der Waals surface area contributed by atoms with E-state index in [-0.39, 0.29) is 10.9 Å². The Bertz CT molecular complexity index is 845. The molecule has 0 saturated carbocycles. The molecule has 0 radical (unpaired) electrons. The maximum absolute atomic E-state index is 13.1. The summed E-state index contributed by atoms with van der Waals surface area (Å²) in [7, 11) is 0. The first kappa shape index (κ1) is 13.9. The van der Waals surface area contributed by atoms with Crippen LogP contribution in [-0.2, 0) is 0 Å². The zero-order valence-corrected chi connectivity index (χ0v) is 12.1. The maximum Gasteiger partial charge on any atom is 0.272 e. The lowest BCUT2D eigenvalue weighted by molar-refractivity contribution is 0.102. The van der Waals surface area contributed by atoms with E-state index in [1.54, 1.807) is 24.3 Å². The van der Waals surface area contributed by atoms with Crippen LogP contribution in [0.3, 0.4) is 0 Å². The van der Waals surface area contributed by atoms with E-state index in [0.717, 1.165) is 10.9 Å². The number of hydrogen-bond donors (Lipinski definition) is 2. The minimum atomic E-state index is -0.532. The topological polar surface area (TPSA) is 44.9 Å². The first-order valence-corrected chi connectivity index (χ1v) is 6.83. The Balaban J connectivity index is 1.87. The molecule has 0 aliphatic rings. The average molecular weight is 323 g/mol. The van der Waals surface area contributed by atoms with E-state index in [9.17, 15) is 9.18 Å². The second-order valence-electron chi connectivity index (χ2n) is 4.50. The Morgan fingerprint density at radius 1 is 1.10 bits per heavy atom. The van der Waals surface area contributed by atoms with Crippen LogP contribution >= 0.6 is 23.2 Å². The van der Waals surface area contributed by atoms with Crippen molar-refractivity contribution in [3.63, 3.8) is 0 Å². The molecule has 3 rings (SSSR count). The summed E-state index contributed by atoms with van der Waals surface area (Å²) >= 11 is 11.6. The van der Waals surface area contributed by atoms with Crippen LogP contribution in [0.25, 0.3) is 10.9 Å². The highest BCUT2D eigenvalue weighted by Crippen LogP contribution is 2.22. The summed E-state index contributed by atoms with van der Waals surface area (Å²) in [5.74, 6) is -0.875. The third-order valence-corrected chi connectivity index (χ3v) is 3.53. The molecule has 0 fully saturated rings. The van der Waals surface area contributed by atoms with Crippen molar-refractivity contribution in [1.29, 1.82) is 0 Å². The van der Waals surface area contributed by atoms with Crippen molar-refractivity contribution in [1.82, 2.24) is 4.98 Å². The highest BCUT2D eigenvalue weighted by Gasteiger charge is 2.11. The predicted molar refractivity (Wildman–Crippen MR) is 82.7 cm³/mol. The number of benzene rings is 2. The number of fused-ring (bicyclic) bond motifs is 1. The fraction of sp³-hybridized carbons (Fsp3) is 0. The number of aromatic amines is 1. The van der Waals surface area contributed by atoms with E-state index in [1.807, 2.05) is 0 Å². The number of carbonyl (C=O) groups excluding carboxylic acids is 1. The Morgan fingerprint density at radius 3 is 2.67 bits per heavy atom. The molecule has 1 amide bonds. The molecule has 0 saturated heterocycles. The van der Waals surface area contributed by atoms with Gasteiger partial charge in [0, 0.05) is 21.6 Å². The number of rotatable bonds is 2. The van der Waals surface area contributed by atoms with Crippen LogP contribution in [0.4, 0.5) is 10.1 Å². The van der Waals surface area contributed by atoms with Gasteiger partial charge in [-0.2, -0.15) is 0 Å². The molecule has 21 heavy (non-hydrogen) atoms. The average Bonchev–Trinajstić information content (AvgIpc) is 2.86. The van der Waals surface area contributed by atoms with E-state index in [0.29, 0.717) is 16.4 Å². The zero-order valence-electron chi connectivity index (χ0n) is 10.6. The van der Waals surface area contributed by atoms with Gasteiger partial charge in [-0.15, -0.1) is 0 Å². The molecule has 0 aliphatic heterocycles. The first-order valence-electron chi connectivity index (χ1n) is 6.07. The molecule has 0 bridgehead atoms. The molecule has 0 unspecified atom stereocenters. The van der Waals surface area contributed by atoms with Gasteiger partial charge >= 0.3 is 0 Å². The van der Waals surface area contributed by atoms with Crippen molar-refractivity contribution < 1.29 is 9.18 Å². The van der Waals surface area contributed by atoms with Gasteiger partial charge in [0.25, 0.3) is 5.91 Å². The lowest BCUT2D eigenvalue weighted by Gasteiger charge is -2.04. The van der Waals surface area contributed by atoms with Crippen LogP contribution in [0.15, 0.2) is 42.5 Å². The van der Waals surface area contributed by atoms with Gasteiger partial charge in [-0.25, -0.2) is 4.39 Å². The second-order valence-corrected chi connectivity index (χ2v) is 5.34. The summed E-state index contributed by atoms with van der Waals surface area (Å²) in [5.41, 5.74) is 1.61. The molecule has 1 aromatic heterocycles. The number of halogens is 3. The molecular weight excluding hydrogens is 314 g/mol. The number of hydrogen-bond acceptors (Lipinski definition) is 1. The number of aromatic nitrogens is 1. The Hall–Kier alpha value is -2.04. The third-order valence-electron chi connectivity index (χ3n) is 3.00. The van der Waals surface area contributed by atoms with Gasteiger partial charge in [0.05, 0.1) is 5.02 Å². The quantitative estimate of drug-likeness (QED) is 0.694. The lowest BCUT2D eigenvalue weighted by Crippen LogP contribution is -2.12. The van der Waals surface area contributed by atoms with Crippen molar-refractivity contribution in [2.75, 3.05) is 5.32 Å². The van der Waals surface area contributed by atoms with E-state index in [2.05, 4.69) is 10.3 Å². The molecule has 2 aromatic carbocycles. The lowest BCUT2D eigenvalue weighted by atomic mass is 10.2. The monoisotopic (exact) mass is 322 g/mol. The van der Waals surface area contributed by atoms with E-state index >= 15 is 0 Å². The molecule has 0 atom stereocenters. The fourth-order valence-electron chi connectivity index (χ4n) is 2.00. The van der Waals surface area contributed by atoms with Gasteiger partial charge in [0.15, 0.2) is 0 Å². The van der Waals surface area contributed by atoms with Gasteiger partial charge in [-0.3, -0.25) is 4.79 Å². The van der Waals surface area contributed by atoms with E-state index in [4.69, 9.17) is 23.2 Å². The summed E-state index contributed by atoms with van der Waals surface area (Å²) in [5, 5.41) is 4.04. The van der Waals surface area contributed by atoms with Gasteiger partial charge in [-0.1, -0.05) is 23.2 Å². The minimum absolute atomic E-state index is 0.0452. The SMILES string of the molecule is O=C(Nc1ccc(F)c(Cl)c1)c1cc2cc(Cl)ccc2[nH]1. The number of carbonyl (C=O) groups is 1. The molecular formula is C15H9Cl2FN2O. The van der Waals surface area contributed by atoms with Gasteiger partial charge in [0.2, 0.25) is 0 Å². The predicted octanol–water partition coefficient (Wildman–Crippen LogP) is 4.87. The van der Waals surface area contributed by atoms with Crippen molar-refractivity contribution >= 4 is 45.7 Å². The van der Waals surface area contributed by atoms with Crippen molar-refractivity contribution in [3.8, 4) is 0 Å². The Kier molecular flexibility index (Phi) is 3.57. The summed E-state index contributed by atoms with van der Waals surface area (Å²) in [4.78, 5) is 15.1. The van der Waals surface area contributed by atoms with Crippen LogP contribution < -0.4 is 5.32 Å². The third kappa shape index (κ3) is 2.86. The highest BCUT2D eigenvalue weighted by molar-refractivity contribution is 6.31.